The highest BCUT2D eigenvalue weighted by molar-refractivity contribution is 5.48. The number of nitrogens with zero attached hydrogens (tertiary/aromatic N) is 3. The molecule has 0 saturated carbocycles. The molecule has 0 unspecified atom stereocenters. The van der Waals surface area contributed by atoms with Crippen LogP contribution in [-0.2, 0) is 6.42 Å². The van der Waals surface area contributed by atoms with Gasteiger partial charge in [-0.1, -0.05) is 13.8 Å². The molecule has 0 radical (unpaired) electrons. The predicted octanol–water partition coefficient (Wildman–Crippen LogP) is 1.80. The molecule has 0 saturated heterocycles. The van der Waals surface area contributed by atoms with Crippen LogP contribution in [0.3, 0.4) is 0 Å². The van der Waals surface area contributed by atoms with Crippen LogP contribution in [-0.4, -0.2) is 33.9 Å². The topological polar surface area (TPSA) is 46.6 Å². The maximum absolute atomic E-state index is 5.74. The smallest absolute Gasteiger partial charge is 0.137 e. The minimum absolute atomic E-state index is 0.769. The fourth-order valence-corrected chi connectivity index (χ4v) is 1.99. The summed E-state index contributed by atoms with van der Waals surface area (Å²) in [7, 11) is 0. The normalized spacial score (nSPS) is 11.5. The minimum atomic E-state index is 0.769. The molecule has 0 spiro atoms. The summed E-state index contributed by atoms with van der Waals surface area (Å²) in [4.78, 5) is 6.98. The lowest BCUT2D eigenvalue weighted by Crippen LogP contribution is -2.25. The maximum Gasteiger partial charge on any atom is 0.137 e. The molecular weight excluding hydrogens is 212 g/mol. The third-order valence-corrected chi connectivity index (χ3v) is 3.10. The Kier molecular flexibility index (Phi) is 3.64. The number of aromatic nitrogens is 2. The van der Waals surface area contributed by atoms with Gasteiger partial charge in [-0.2, -0.15) is 0 Å². The molecule has 0 atom stereocenters. The van der Waals surface area contributed by atoms with Crippen molar-refractivity contribution in [3.63, 3.8) is 0 Å². The Balaban J connectivity index is 2.09. The zero-order chi connectivity index (χ0) is 12.3. The molecule has 0 aliphatic heterocycles. The first kappa shape index (κ1) is 11.9. The van der Waals surface area contributed by atoms with E-state index in [-0.39, 0.29) is 0 Å². The van der Waals surface area contributed by atoms with Gasteiger partial charge in [-0.25, -0.2) is 4.98 Å². The summed E-state index contributed by atoms with van der Waals surface area (Å²) >= 11 is 0. The maximum atomic E-state index is 5.74. The molecule has 2 rings (SSSR count). The van der Waals surface area contributed by atoms with Crippen LogP contribution in [0.1, 0.15) is 19.5 Å². The van der Waals surface area contributed by atoms with E-state index in [0.29, 0.717) is 0 Å². The molecule has 2 N–H and O–H groups in total. The Hall–Kier alpha value is -1.55. The second-order valence-corrected chi connectivity index (χ2v) is 4.24. The van der Waals surface area contributed by atoms with E-state index in [4.69, 9.17) is 5.73 Å². The van der Waals surface area contributed by atoms with Crippen molar-refractivity contribution >= 4 is 11.3 Å². The lowest BCUT2D eigenvalue weighted by molar-refractivity contribution is 0.307. The van der Waals surface area contributed by atoms with Gasteiger partial charge in [0.1, 0.15) is 5.65 Å². The quantitative estimate of drug-likeness (QED) is 0.855. The molecule has 2 heterocycles. The first-order valence-electron chi connectivity index (χ1n) is 6.18. The SMILES string of the molecule is CCN(CC)CCc1cn2cc(N)ccc2n1. The second kappa shape index (κ2) is 5.19. The van der Waals surface area contributed by atoms with Crippen molar-refractivity contribution < 1.29 is 0 Å². The average Bonchev–Trinajstić information content (AvgIpc) is 2.72. The monoisotopic (exact) mass is 232 g/mol. The van der Waals surface area contributed by atoms with Gasteiger partial charge in [0, 0.05) is 31.0 Å². The summed E-state index contributed by atoms with van der Waals surface area (Å²) in [5.41, 5.74) is 8.60. The molecule has 0 aliphatic carbocycles. The summed E-state index contributed by atoms with van der Waals surface area (Å²) in [6.45, 7) is 7.63. The number of fused-ring (bicyclic) bond motifs is 1. The van der Waals surface area contributed by atoms with Crippen LogP contribution in [0, 0.1) is 0 Å². The van der Waals surface area contributed by atoms with Gasteiger partial charge in [0.25, 0.3) is 0 Å². The highest BCUT2D eigenvalue weighted by Gasteiger charge is 2.04. The van der Waals surface area contributed by atoms with Gasteiger partial charge in [-0.15, -0.1) is 0 Å². The Bertz CT molecular complexity index is 485. The van der Waals surface area contributed by atoms with E-state index in [1.807, 2.05) is 22.7 Å². The number of imidazole rings is 1. The summed E-state index contributed by atoms with van der Waals surface area (Å²) in [6, 6.07) is 3.84. The Morgan fingerprint density at radius 1 is 1.24 bits per heavy atom. The number of nitrogen functional groups attached to an aromatic ring is 1. The molecule has 17 heavy (non-hydrogen) atoms. The highest BCUT2D eigenvalue weighted by Crippen LogP contribution is 2.09. The number of nitrogens with two attached hydrogens (primary N) is 1. The third kappa shape index (κ3) is 2.77. The van der Waals surface area contributed by atoms with Crippen LogP contribution in [0.4, 0.5) is 5.69 Å². The van der Waals surface area contributed by atoms with Crippen LogP contribution in [0.2, 0.25) is 0 Å². The number of hydrogen-bond acceptors (Lipinski definition) is 3. The Labute approximate surface area is 102 Å². The number of hydrogen-bond donors (Lipinski definition) is 1. The van der Waals surface area contributed by atoms with Gasteiger partial charge >= 0.3 is 0 Å². The highest BCUT2D eigenvalue weighted by atomic mass is 15.1. The van der Waals surface area contributed by atoms with Crippen molar-refractivity contribution in [1.29, 1.82) is 0 Å². The molecule has 0 amide bonds. The van der Waals surface area contributed by atoms with Crippen LogP contribution < -0.4 is 5.73 Å². The van der Waals surface area contributed by atoms with Gasteiger partial charge in [0.2, 0.25) is 0 Å². The van der Waals surface area contributed by atoms with Crippen LogP contribution in [0.25, 0.3) is 5.65 Å². The first-order chi connectivity index (χ1) is 8.22. The van der Waals surface area contributed by atoms with Gasteiger partial charge in [-0.3, -0.25) is 0 Å². The zero-order valence-corrected chi connectivity index (χ0v) is 10.6. The molecule has 4 heteroatoms. The largest absolute Gasteiger partial charge is 0.398 e. The lowest BCUT2D eigenvalue weighted by Gasteiger charge is -2.16. The van der Waals surface area contributed by atoms with Gasteiger partial charge in [-0.05, 0) is 25.2 Å². The number of likely N-dealkylation sites (N-methyl/N-ethyl adjacent to an activating group) is 1. The number of pyridine rings is 1. The molecule has 0 bridgehead atoms. The van der Waals surface area contributed by atoms with Crippen LogP contribution >= 0.6 is 0 Å². The molecule has 0 aromatic carbocycles. The van der Waals surface area contributed by atoms with E-state index in [9.17, 15) is 0 Å². The second-order valence-electron chi connectivity index (χ2n) is 4.24. The molecule has 0 fully saturated rings. The molecule has 0 aliphatic rings. The number of anilines is 1. The molecule has 2 aromatic heterocycles. The average molecular weight is 232 g/mol. The van der Waals surface area contributed by atoms with Crippen LogP contribution in [0.5, 0.6) is 0 Å². The van der Waals surface area contributed by atoms with E-state index in [0.717, 1.165) is 43.1 Å². The van der Waals surface area contributed by atoms with Crippen molar-refractivity contribution in [1.82, 2.24) is 14.3 Å². The van der Waals surface area contributed by atoms with Gasteiger partial charge in [0.15, 0.2) is 0 Å². The summed E-state index contributed by atoms with van der Waals surface area (Å²) in [5.74, 6) is 0. The summed E-state index contributed by atoms with van der Waals surface area (Å²) in [5, 5.41) is 0. The van der Waals surface area contributed by atoms with Crippen molar-refractivity contribution in [2.24, 2.45) is 0 Å². The van der Waals surface area contributed by atoms with E-state index in [1.165, 1.54) is 0 Å². The molecular formula is C13H20N4. The zero-order valence-electron chi connectivity index (χ0n) is 10.6. The van der Waals surface area contributed by atoms with E-state index in [2.05, 4.69) is 29.9 Å². The predicted molar refractivity (Wildman–Crippen MR) is 71.1 cm³/mol. The summed E-state index contributed by atoms with van der Waals surface area (Å²) < 4.78 is 1.99. The van der Waals surface area contributed by atoms with Crippen LogP contribution in [0.15, 0.2) is 24.5 Å². The third-order valence-electron chi connectivity index (χ3n) is 3.10. The number of rotatable bonds is 5. The van der Waals surface area contributed by atoms with Crippen molar-refractivity contribution in [3.05, 3.63) is 30.2 Å². The lowest BCUT2D eigenvalue weighted by atomic mass is 10.3. The summed E-state index contributed by atoms with van der Waals surface area (Å²) in [6.07, 6.45) is 4.96. The standard InChI is InChI=1S/C13H20N4/c1-3-16(4-2)8-7-12-10-17-9-11(14)5-6-13(17)15-12/h5-6,9-10H,3-4,7-8,14H2,1-2H3. The Morgan fingerprint density at radius 3 is 2.71 bits per heavy atom. The van der Waals surface area contributed by atoms with Crippen molar-refractivity contribution in [2.75, 3.05) is 25.4 Å². The fourth-order valence-electron chi connectivity index (χ4n) is 1.99. The fraction of sp³-hybridized carbons (Fsp3) is 0.462. The van der Waals surface area contributed by atoms with E-state index < -0.39 is 0 Å². The Morgan fingerprint density at radius 2 is 2.00 bits per heavy atom. The molecule has 92 valence electrons. The van der Waals surface area contributed by atoms with Gasteiger partial charge in [0.05, 0.1) is 5.69 Å². The first-order valence-corrected chi connectivity index (χ1v) is 6.18. The van der Waals surface area contributed by atoms with E-state index in [1.54, 1.807) is 0 Å². The van der Waals surface area contributed by atoms with Crippen molar-refractivity contribution in [3.8, 4) is 0 Å². The van der Waals surface area contributed by atoms with Gasteiger partial charge < -0.3 is 15.0 Å². The molecule has 4 nitrogen and oxygen atoms in total. The van der Waals surface area contributed by atoms with E-state index >= 15 is 0 Å². The minimum Gasteiger partial charge on any atom is -0.398 e. The van der Waals surface area contributed by atoms with Crippen molar-refractivity contribution in [2.45, 2.75) is 20.3 Å². The molecule has 2 aromatic rings.